The molecule has 1 heterocycles. The summed E-state index contributed by atoms with van der Waals surface area (Å²) in [6.45, 7) is 2.15. The van der Waals surface area contributed by atoms with Gasteiger partial charge in [0.1, 0.15) is 0 Å². The predicted octanol–water partition coefficient (Wildman–Crippen LogP) is 2.04. The molecule has 1 aromatic heterocycles. The highest BCUT2D eigenvalue weighted by atomic mass is 32.1. The Hall–Kier alpha value is -0.860. The quantitative estimate of drug-likeness (QED) is 0.598. The van der Waals surface area contributed by atoms with Gasteiger partial charge in [-0.1, -0.05) is 11.8 Å². The second kappa shape index (κ2) is 9.20. The van der Waals surface area contributed by atoms with E-state index in [-0.39, 0.29) is 6.61 Å². The number of aliphatic hydroxyl groups is 1. The van der Waals surface area contributed by atoms with Crippen molar-refractivity contribution in [2.24, 2.45) is 0 Å². The molecule has 0 radical (unpaired) electrons. The van der Waals surface area contributed by atoms with Crippen LogP contribution in [0.15, 0.2) is 11.4 Å². The van der Waals surface area contributed by atoms with Gasteiger partial charge in [0.05, 0.1) is 13.2 Å². The zero-order chi connectivity index (χ0) is 12.3. The Kier molecular flexibility index (Phi) is 7.69. The first kappa shape index (κ1) is 14.2. The maximum Gasteiger partial charge on any atom is 0.0821 e. The largest absolute Gasteiger partial charge is 0.395 e. The molecular formula is C13H18O3S. The van der Waals surface area contributed by atoms with E-state index in [9.17, 15) is 0 Å². The maximum atomic E-state index is 8.65. The van der Waals surface area contributed by atoms with Gasteiger partial charge in [-0.15, -0.1) is 11.3 Å². The molecule has 3 nitrogen and oxygen atoms in total. The third kappa shape index (κ3) is 5.85. The minimum atomic E-state index is 0.111. The molecule has 1 N–H and O–H groups in total. The second-order valence-electron chi connectivity index (χ2n) is 3.43. The molecular weight excluding hydrogens is 236 g/mol. The van der Waals surface area contributed by atoms with Crippen molar-refractivity contribution >= 4 is 11.3 Å². The van der Waals surface area contributed by atoms with Crippen LogP contribution in [0.25, 0.3) is 0 Å². The van der Waals surface area contributed by atoms with Crippen molar-refractivity contribution in [2.75, 3.05) is 26.9 Å². The van der Waals surface area contributed by atoms with E-state index in [0.717, 1.165) is 23.5 Å². The van der Waals surface area contributed by atoms with Crippen LogP contribution in [-0.2, 0) is 16.1 Å². The second-order valence-corrected chi connectivity index (χ2v) is 4.43. The Morgan fingerprint density at radius 1 is 1.41 bits per heavy atom. The fourth-order valence-corrected chi connectivity index (χ4v) is 2.01. The van der Waals surface area contributed by atoms with Gasteiger partial charge in [0.2, 0.25) is 0 Å². The molecule has 17 heavy (non-hydrogen) atoms. The topological polar surface area (TPSA) is 38.7 Å². The lowest BCUT2D eigenvalue weighted by molar-refractivity contribution is 0.0942. The summed E-state index contributed by atoms with van der Waals surface area (Å²) in [5.74, 6) is 5.96. The van der Waals surface area contributed by atoms with Crippen LogP contribution in [-0.4, -0.2) is 32.0 Å². The van der Waals surface area contributed by atoms with Gasteiger partial charge in [-0.3, -0.25) is 0 Å². The fourth-order valence-electron chi connectivity index (χ4n) is 1.25. The van der Waals surface area contributed by atoms with Gasteiger partial charge in [0, 0.05) is 37.2 Å². The van der Waals surface area contributed by atoms with Gasteiger partial charge < -0.3 is 14.6 Å². The third-order valence-electron chi connectivity index (χ3n) is 2.08. The van der Waals surface area contributed by atoms with E-state index in [1.807, 2.05) is 11.4 Å². The smallest absolute Gasteiger partial charge is 0.0821 e. The van der Waals surface area contributed by atoms with Crippen LogP contribution in [0.4, 0.5) is 0 Å². The molecule has 0 bridgehead atoms. The number of aliphatic hydroxyl groups excluding tert-OH is 1. The number of ether oxygens (including phenoxy) is 2. The van der Waals surface area contributed by atoms with Gasteiger partial charge >= 0.3 is 0 Å². The summed E-state index contributed by atoms with van der Waals surface area (Å²) in [6, 6.07) is 1.99. The predicted molar refractivity (Wildman–Crippen MR) is 69.0 cm³/mol. The van der Waals surface area contributed by atoms with Crippen LogP contribution >= 0.6 is 11.3 Å². The maximum absolute atomic E-state index is 8.65. The van der Waals surface area contributed by atoms with E-state index in [2.05, 4.69) is 11.8 Å². The number of methoxy groups -OCH3 is 1. The summed E-state index contributed by atoms with van der Waals surface area (Å²) >= 11 is 1.65. The Morgan fingerprint density at radius 2 is 2.29 bits per heavy atom. The van der Waals surface area contributed by atoms with E-state index >= 15 is 0 Å². The van der Waals surface area contributed by atoms with Gasteiger partial charge in [-0.2, -0.15) is 0 Å². The molecule has 0 saturated carbocycles. The Balaban J connectivity index is 2.33. The average Bonchev–Trinajstić information content (AvgIpc) is 2.77. The lowest BCUT2D eigenvalue weighted by atomic mass is 10.2. The number of rotatable bonds is 7. The molecule has 0 atom stereocenters. The van der Waals surface area contributed by atoms with Crippen LogP contribution in [0.3, 0.4) is 0 Å². The number of hydrogen-bond acceptors (Lipinski definition) is 4. The lowest BCUT2D eigenvalue weighted by Crippen LogP contribution is -1.99. The fraction of sp³-hybridized carbons (Fsp3) is 0.538. The van der Waals surface area contributed by atoms with E-state index in [1.54, 1.807) is 18.4 Å². The molecule has 4 heteroatoms. The zero-order valence-corrected chi connectivity index (χ0v) is 10.9. The van der Waals surface area contributed by atoms with Crippen molar-refractivity contribution in [3.8, 4) is 11.8 Å². The molecule has 0 aromatic carbocycles. The summed E-state index contributed by atoms with van der Waals surface area (Å²) in [7, 11) is 1.69. The van der Waals surface area contributed by atoms with Gasteiger partial charge in [0.25, 0.3) is 0 Å². The minimum Gasteiger partial charge on any atom is -0.395 e. The Labute approximate surface area is 106 Å². The van der Waals surface area contributed by atoms with Crippen molar-refractivity contribution in [2.45, 2.75) is 19.4 Å². The van der Waals surface area contributed by atoms with Crippen molar-refractivity contribution in [1.82, 2.24) is 0 Å². The Bertz CT molecular complexity index is 362. The Morgan fingerprint density at radius 3 is 3.06 bits per heavy atom. The van der Waals surface area contributed by atoms with Crippen molar-refractivity contribution < 1.29 is 14.6 Å². The molecule has 0 aliphatic heterocycles. The van der Waals surface area contributed by atoms with Crippen LogP contribution in [0.2, 0.25) is 0 Å². The molecule has 0 unspecified atom stereocenters. The highest BCUT2D eigenvalue weighted by Gasteiger charge is 2.01. The van der Waals surface area contributed by atoms with Crippen LogP contribution < -0.4 is 0 Å². The first-order valence-electron chi connectivity index (χ1n) is 5.61. The summed E-state index contributed by atoms with van der Waals surface area (Å²) in [5.41, 5.74) is 1.01. The summed E-state index contributed by atoms with van der Waals surface area (Å²) in [6.07, 6.45) is 1.43. The molecule has 0 saturated heterocycles. The lowest BCUT2D eigenvalue weighted by Gasteiger charge is -2.02. The van der Waals surface area contributed by atoms with Crippen LogP contribution in [0.5, 0.6) is 0 Å². The van der Waals surface area contributed by atoms with E-state index < -0.39 is 0 Å². The van der Waals surface area contributed by atoms with Crippen molar-refractivity contribution in [3.63, 3.8) is 0 Å². The van der Waals surface area contributed by atoms with E-state index in [0.29, 0.717) is 19.6 Å². The van der Waals surface area contributed by atoms with Crippen molar-refractivity contribution in [1.29, 1.82) is 0 Å². The van der Waals surface area contributed by atoms with Gasteiger partial charge in [-0.05, 0) is 17.9 Å². The first-order chi connectivity index (χ1) is 8.38. The van der Waals surface area contributed by atoms with E-state index in [1.165, 1.54) is 0 Å². The van der Waals surface area contributed by atoms with Crippen molar-refractivity contribution in [3.05, 3.63) is 21.9 Å². The summed E-state index contributed by atoms with van der Waals surface area (Å²) in [4.78, 5) is 1.15. The monoisotopic (exact) mass is 254 g/mol. The zero-order valence-electron chi connectivity index (χ0n) is 10.1. The normalized spacial score (nSPS) is 10.0. The highest BCUT2D eigenvalue weighted by Crippen LogP contribution is 2.16. The average molecular weight is 254 g/mol. The molecule has 0 aliphatic carbocycles. The first-order valence-corrected chi connectivity index (χ1v) is 6.49. The van der Waals surface area contributed by atoms with Gasteiger partial charge in [-0.25, -0.2) is 0 Å². The SMILES string of the molecule is COCCCOCc1sccc1C#CCCO. The molecule has 0 aliphatic rings. The molecule has 1 rings (SSSR count). The van der Waals surface area contributed by atoms with Crippen LogP contribution in [0.1, 0.15) is 23.3 Å². The molecule has 0 spiro atoms. The molecule has 0 fully saturated rings. The molecule has 1 aromatic rings. The molecule has 94 valence electrons. The number of hydrogen-bond donors (Lipinski definition) is 1. The summed E-state index contributed by atoms with van der Waals surface area (Å²) in [5, 5.41) is 10.7. The van der Waals surface area contributed by atoms with E-state index in [4.69, 9.17) is 14.6 Å². The third-order valence-corrected chi connectivity index (χ3v) is 2.97. The summed E-state index contributed by atoms with van der Waals surface area (Å²) < 4.78 is 10.5. The van der Waals surface area contributed by atoms with Crippen LogP contribution in [0, 0.1) is 11.8 Å². The number of thiophene rings is 1. The highest BCUT2D eigenvalue weighted by molar-refractivity contribution is 7.10. The minimum absolute atomic E-state index is 0.111. The van der Waals surface area contributed by atoms with Gasteiger partial charge in [0.15, 0.2) is 0 Å². The molecule has 0 amide bonds. The standard InChI is InChI=1S/C13H18O3S/c1-15-8-4-9-16-11-13-12(6-10-17-13)5-2-3-7-14/h6,10,14H,3-4,7-9,11H2,1H3.